The topological polar surface area (TPSA) is 60.5 Å². The van der Waals surface area contributed by atoms with Gasteiger partial charge in [-0.15, -0.1) is 0 Å². The Morgan fingerprint density at radius 3 is 2.61 bits per heavy atom. The van der Waals surface area contributed by atoms with E-state index in [-0.39, 0.29) is 5.91 Å². The van der Waals surface area contributed by atoms with Gasteiger partial charge in [0.15, 0.2) is 0 Å². The van der Waals surface area contributed by atoms with Crippen molar-refractivity contribution in [1.82, 2.24) is 10.3 Å². The zero-order valence-corrected chi connectivity index (χ0v) is 15.9. The van der Waals surface area contributed by atoms with E-state index in [2.05, 4.69) is 10.3 Å². The Labute approximate surface area is 165 Å². The van der Waals surface area contributed by atoms with E-state index in [4.69, 9.17) is 9.47 Å². The Kier molecular flexibility index (Phi) is 7.01. The van der Waals surface area contributed by atoms with E-state index in [1.165, 1.54) is 0 Å². The lowest BCUT2D eigenvalue weighted by Gasteiger charge is -2.10. The number of nitrogens with zero attached hydrogens (tertiary/aromatic N) is 1. The minimum atomic E-state index is -0.123. The molecule has 3 aromatic rings. The van der Waals surface area contributed by atoms with Crippen LogP contribution in [0.15, 0.2) is 73.1 Å². The summed E-state index contributed by atoms with van der Waals surface area (Å²) in [6.45, 7) is 3.54. The van der Waals surface area contributed by atoms with Crippen molar-refractivity contribution in [1.29, 1.82) is 0 Å². The summed E-state index contributed by atoms with van der Waals surface area (Å²) >= 11 is 0. The number of nitrogens with one attached hydrogen (secondary N) is 1. The minimum Gasteiger partial charge on any atom is -0.494 e. The number of pyridine rings is 1. The van der Waals surface area contributed by atoms with E-state index in [1.54, 1.807) is 24.5 Å². The van der Waals surface area contributed by atoms with Crippen LogP contribution in [0.1, 0.15) is 27.9 Å². The van der Waals surface area contributed by atoms with Gasteiger partial charge in [-0.2, -0.15) is 0 Å². The Morgan fingerprint density at radius 1 is 1.00 bits per heavy atom. The summed E-state index contributed by atoms with van der Waals surface area (Å²) < 4.78 is 11.4. The summed E-state index contributed by atoms with van der Waals surface area (Å²) in [7, 11) is 0. The van der Waals surface area contributed by atoms with E-state index in [0.29, 0.717) is 31.1 Å². The third-order valence-electron chi connectivity index (χ3n) is 4.09. The van der Waals surface area contributed by atoms with Crippen molar-refractivity contribution in [2.45, 2.75) is 20.0 Å². The molecule has 1 amide bonds. The SMILES string of the molecule is Cc1cccc(OCCCNC(=O)c2cccc(OCc3cccnc3)c2)c1. The van der Waals surface area contributed by atoms with Crippen LogP contribution in [-0.2, 0) is 6.61 Å². The highest BCUT2D eigenvalue weighted by atomic mass is 16.5. The van der Waals surface area contributed by atoms with Crippen molar-refractivity contribution >= 4 is 5.91 Å². The second-order valence-corrected chi connectivity index (χ2v) is 6.45. The van der Waals surface area contributed by atoms with Gasteiger partial charge in [0.25, 0.3) is 5.91 Å². The van der Waals surface area contributed by atoms with E-state index in [9.17, 15) is 4.79 Å². The minimum absolute atomic E-state index is 0.123. The molecule has 0 saturated carbocycles. The lowest BCUT2D eigenvalue weighted by Crippen LogP contribution is -2.25. The number of carbonyl (C=O) groups excluding carboxylic acids is 1. The van der Waals surface area contributed by atoms with Crippen LogP contribution >= 0.6 is 0 Å². The molecule has 28 heavy (non-hydrogen) atoms. The molecule has 0 saturated heterocycles. The molecule has 0 aliphatic heterocycles. The van der Waals surface area contributed by atoms with Crippen LogP contribution < -0.4 is 14.8 Å². The van der Waals surface area contributed by atoms with Gasteiger partial charge < -0.3 is 14.8 Å². The summed E-state index contributed by atoms with van der Waals surface area (Å²) in [6, 6.07) is 18.9. The van der Waals surface area contributed by atoms with Gasteiger partial charge in [0, 0.05) is 30.1 Å². The highest BCUT2D eigenvalue weighted by Gasteiger charge is 2.06. The van der Waals surface area contributed by atoms with Crippen LogP contribution in [0.25, 0.3) is 0 Å². The van der Waals surface area contributed by atoms with Gasteiger partial charge in [0.05, 0.1) is 6.61 Å². The first-order valence-electron chi connectivity index (χ1n) is 9.30. The highest BCUT2D eigenvalue weighted by molar-refractivity contribution is 5.94. The van der Waals surface area contributed by atoms with Crippen molar-refractivity contribution in [3.05, 3.63) is 89.7 Å². The number of aromatic nitrogens is 1. The molecule has 0 atom stereocenters. The Balaban J connectivity index is 1.41. The summed E-state index contributed by atoms with van der Waals surface area (Å²) in [5.41, 5.74) is 2.71. The Hall–Kier alpha value is -3.34. The molecule has 0 radical (unpaired) electrons. The average Bonchev–Trinajstić information content (AvgIpc) is 2.73. The largest absolute Gasteiger partial charge is 0.494 e. The molecule has 0 spiro atoms. The van der Waals surface area contributed by atoms with E-state index >= 15 is 0 Å². The predicted octanol–water partition coefficient (Wildman–Crippen LogP) is 4.17. The van der Waals surface area contributed by atoms with Gasteiger partial charge in [0.1, 0.15) is 18.1 Å². The number of hydrogen-bond donors (Lipinski definition) is 1. The molecule has 0 unspecified atom stereocenters. The average molecular weight is 376 g/mol. The van der Waals surface area contributed by atoms with Crippen molar-refractivity contribution in [3.63, 3.8) is 0 Å². The molecule has 1 N–H and O–H groups in total. The number of amides is 1. The zero-order chi connectivity index (χ0) is 19.6. The van der Waals surface area contributed by atoms with Gasteiger partial charge in [-0.1, -0.05) is 24.3 Å². The number of benzene rings is 2. The number of hydrogen-bond acceptors (Lipinski definition) is 4. The molecule has 1 aromatic heterocycles. The third kappa shape index (κ3) is 6.13. The zero-order valence-electron chi connectivity index (χ0n) is 15.9. The fourth-order valence-corrected chi connectivity index (χ4v) is 2.65. The normalized spacial score (nSPS) is 10.3. The number of aryl methyl sites for hydroxylation is 1. The maximum absolute atomic E-state index is 12.3. The van der Waals surface area contributed by atoms with Crippen molar-refractivity contribution in [3.8, 4) is 11.5 Å². The van der Waals surface area contributed by atoms with Gasteiger partial charge >= 0.3 is 0 Å². The maximum atomic E-state index is 12.3. The molecule has 0 aliphatic carbocycles. The molecule has 1 heterocycles. The number of ether oxygens (including phenoxy) is 2. The highest BCUT2D eigenvalue weighted by Crippen LogP contribution is 2.15. The summed E-state index contributed by atoms with van der Waals surface area (Å²) in [6.07, 6.45) is 4.21. The molecule has 0 fully saturated rings. The number of carbonyl (C=O) groups is 1. The summed E-state index contributed by atoms with van der Waals surface area (Å²) in [5.74, 6) is 1.38. The monoisotopic (exact) mass is 376 g/mol. The van der Waals surface area contributed by atoms with Crippen molar-refractivity contribution < 1.29 is 14.3 Å². The second-order valence-electron chi connectivity index (χ2n) is 6.45. The molecule has 144 valence electrons. The molecule has 0 aliphatic rings. The lowest BCUT2D eigenvalue weighted by atomic mass is 10.2. The fraction of sp³-hybridized carbons (Fsp3) is 0.217. The first-order chi connectivity index (χ1) is 13.7. The van der Waals surface area contributed by atoms with Gasteiger partial charge in [-0.3, -0.25) is 9.78 Å². The predicted molar refractivity (Wildman–Crippen MR) is 109 cm³/mol. The third-order valence-corrected chi connectivity index (χ3v) is 4.09. The van der Waals surface area contributed by atoms with E-state index in [1.807, 2.05) is 55.5 Å². The van der Waals surface area contributed by atoms with Crippen molar-refractivity contribution in [2.24, 2.45) is 0 Å². The van der Waals surface area contributed by atoms with Crippen LogP contribution in [0.4, 0.5) is 0 Å². The standard InChI is InChI=1S/C23H24N2O3/c1-18-6-2-9-21(14-18)27-13-5-12-25-23(26)20-8-3-10-22(15-20)28-17-19-7-4-11-24-16-19/h2-4,6-11,14-16H,5,12-13,17H2,1H3,(H,25,26). The first kappa shape index (κ1) is 19.4. The van der Waals surface area contributed by atoms with Crippen LogP contribution in [0.3, 0.4) is 0 Å². The first-order valence-corrected chi connectivity index (χ1v) is 9.30. The maximum Gasteiger partial charge on any atom is 0.251 e. The summed E-state index contributed by atoms with van der Waals surface area (Å²) in [4.78, 5) is 16.4. The van der Waals surface area contributed by atoms with Crippen molar-refractivity contribution in [2.75, 3.05) is 13.2 Å². The quantitative estimate of drug-likeness (QED) is 0.570. The molecule has 5 heteroatoms. The van der Waals surface area contributed by atoms with Crippen LogP contribution in [0, 0.1) is 6.92 Å². The summed E-state index contributed by atoms with van der Waals surface area (Å²) in [5, 5.41) is 2.91. The van der Waals surface area contributed by atoms with Gasteiger partial charge in [-0.05, 0) is 55.3 Å². The van der Waals surface area contributed by atoms with Crippen LogP contribution in [-0.4, -0.2) is 24.0 Å². The van der Waals surface area contributed by atoms with Crippen LogP contribution in [0.2, 0.25) is 0 Å². The molecule has 3 rings (SSSR count). The van der Waals surface area contributed by atoms with Gasteiger partial charge in [0.2, 0.25) is 0 Å². The number of rotatable bonds is 9. The molecule has 0 bridgehead atoms. The molecule has 2 aromatic carbocycles. The van der Waals surface area contributed by atoms with E-state index < -0.39 is 0 Å². The molecular formula is C23H24N2O3. The van der Waals surface area contributed by atoms with Gasteiger partial charge in [-0.25, -0.2) is 0 Å². The Morgan fingerprint density at radius 2 is 1.82 bits per heavy atom. The molecular weight excluding hydrogens is 352 g/mol. The lowest BCUT2D eigenvalue weighted by molar-refractivity contribution is 0.0951. The van der Waals surface area contributed by atoms with E-state index in [0.717, 1.165) is 23.3 Å². The van der Waals surface area contributed by atoms with Crippen LogP contribution in [0.5, 0.6) is 11.5 Å². The fourth-order valence-electron chi connectivity index (χ4n) is 2.65. The Bertz CT molecular complexity index is 897. The smallest absolute Gasteiger partial charge is 0.251 e. The second kappa shape index (κ2) is 10.1. The molecule has 5 nitrogen and oxygen atoms in total.